The maximum atomic E-state index is 14.6. The summed E-state index contributed by atoms with van der Waals surface area (Å²) in [4.78, 5) is 28.0. The Kier molecular flexibility index (Phi) is 8.90. The molecule has 0 aliphatic carbocycles. The summed E-state index contributed by atoms with van der Waals surface area (Å²) in [7, 11) is 0. The van der Waals surface area contributed by atoms with E-state index in [1.54, 1.807) is 34.6 Å². The SMILES string of the molecule is CC.Cc1c(Cl)cc(C(=O)N2CCN(C(=O)OC(C)(C)C)CC2CO)c(F)c1C. The molecule has 2 rings (SSSR count). The molecular formula is C21H32ClFN2O4. The summed E-state index contributed by atoms with van der Waals surface area (Å²) in [6.45, 7) is 12.7. The Morgan fingerprint density at radius 2 is 1.83 bits per heavy atom. The number of ether oxygens (including phenoxy) is 1. The number of aliphatic hydroxyl groups excluding tert-OH is 1. The summed E-state index contributed by atoms with van der Waals surface area (Å²) in [6.07, 6.45) is -0.506. The molecule has 0 bridgehead atoms. The predicted octanol–water partition coefficient (Wildman–Crippen LogP) is 4.18. The van der Waals surface area contributed by atoms with Gasteiger partial charge in [-0.2, -0.15) is 0 Å². The molecule has 2 amide bonds. The van der Waals surface area contributed by atoms with E-state index in [-0.39, 0.29) is 31.8 Å². The summed E-state index contributed by atoms with van der Waals surface area (Å²) in [5.41, 5.74) is 0.128. The fourth-order valence-electron chi connectivity index (χ4n) is 2.93. The largest absolute Gasteiger partial charge is 0.444 e. The molecule has 0 saturated carbocycles. The lowest BCUT2D eigenvalue weighted by Crippen LogP contribution is -2.58. The van der Waals surface area contributed by atoms with Crippen molar-refractivity contribution >= 4 is 23.6 Å². The highest BCUT2D eigenvalue weighted by Crippen LogP contribution is 2.27. The van der Waals surface area contributed by atoms with Gasteiger partial charge in [0.2, 0.25) is 0 Å². The number of carbonyl (C=O) groups excluding carboxylic acids is 2. The number of halogens is 2. The molecular weight excluding hydrogens is 399 g/mol. The molecule has 1 aromatic carbocycles. The maximum Gasteiger partial charge on any atom is 0.410 e. The van der Waals surface area contributed by atoms with Gasteiger partial charge in [-0.05, 0) is 51.8 Å². The van der Waals surface area contributed by atoms with Gasteiger partial charge in [-0.1, -0.05) is 25.4 Å². The van der Waals surface area contributed by atoms with Gasteiger partial charge in [0, 0.05) is 24.7 Å². The minimum atomic E-state index is -0.654. The van der Waals surface area contributed by atoms with Crippen LogP contribution in [0.4, 0.5) is 9.18 Å². The molecule has 1 atom stereocenters. The van der Waals surface area contributed by atoms with Gasteiger partial charge in [-0.25, -0.2) is 9.18 Å². The molecule has 1 unspecified atom stereocenters. The van der Waals surface area contributed by atoms with E-state index in [0.717, 1.165) is 0 Å². The van der Waals surface area contributed by atoms with E-state index < -0.39 is 29.5 Å². The first-order chi connectivity index (χ1) is 13.5. The molecule has 0 radical (unpaired) electrons. The Labute approximate surface area is 177 Å². The Balaban J connectivity index is 0.00000204. The second-order valence-electron chi connectivity index (χ2n) is 7.73. The lowest BCUT2D eigenvalue weighted by molar-refractivity contribution is -0.00255. The van der Waals surface area contributed by atoms with Crippen molar-refractivity contribution in [1.29, 1.82) is 0 Å². The number of hydrogen-bond acceptors (Lipinski definition) is 4. The van der Waals surface area contributed by atoms with Crippen LogP contribution in [0.5, 0.6) is 0 Å². The number of rotatable bonds is 2. The number of carbonyl (C=O) groups is 2. The molecule has 8 heteroatoms. The molecule has 1 aromatic rings. The third-order valence-electron chi connectivity index (χ3n) is 4.59. The monoisotopic (exact) mass is 430 g/mol. The third-order valence-corrected chi connectivity index (χ3v) is 4.99. The van der Waals surface area contributed by atoms with E-state index in [2.05, 4.69) is 0 Å². The van der Waals surface area contributed by atoms with E-state index >= 15 is 0 Å². The highest BCUT2D eigenvalue weighted by atomic mass is 35.5. The molecule has 1 heterocycles. The van der Waals surface area contributed by atoms with Crippen LogP contribution < -0.4 is 0 Å². The molecule has 0 spiro atoms. The van der Waals surface area contributed by atoms with Crippen LogP contribution in [0, 0.1) is 19.7 Å². The minimum Gasteiger partial charge on any atom is -0.444 e. The minimum absolute atomic E-state index is 0.108. The van der Waals surface area contributed by atoms with Crippen molar-refractivity contribution in [3.8, 4) is 0 Å². The first-order valence-electron chi connectivity index (χ1n) is 9.81. The highest BCUT2D eigenvalue weighted by molar-refractivity contribution is 6.31. The van der Waals surface area contributed by atoms with Gasteiger partial charge in [0.05, 0.1) is 18.2 Å². The van der Waals surface area contributed by atoms with Crippen molar-refractivity contribution < 1.29 is 23.8 Å². The first-order valence-corrected chi connectivity index (χ1v) is 10.2. The van der Waals surface area contributed by atoms with Gasteiger partial charge in [-0.3, -0.25) is 4.79 Å². The fourth-order valence-corrected chi connectivity index (χ4v) is 3.18. The van der Waals surface area contributed by atoms with Gasteiger partial charge >= 0.3 is 6.09 Å². The van der Waals surface area contributed by atoms with Crippen LogP contribution in [0.2, 0.25) is 5.02 Å². The zero-order valence-electron chi connectivity index (χ0n) is 18.3. The van der Waals surface area contributed by atoms with E-state index in [1.807, 2.05) is 13.8 Å². The van der Waals surface area contributed by atoms with Gasteiger partial charge in [-0.15, -0.1) is 0 Å². The Bertz CT molecular complexity index is 749. The molecule has 1 N–H and O–H groups in total. The van der Waals surface area contributed by atoms with E-state index in [4.69, 9.17) is 16.3 Å². The van der Waals surface area contributed by atoms with Gasteiger partial charge in [0.25, 0.3) is 5.91 Å². The highest BCUT2D eigenvalue weighted by Gasteiger charge is 2.35. The standard InChI is InChI=1S/C19H26ClFN2O4.C2H6/c1-11-12(2)16(21)14(8-15(11)20)17(25)23-7-6-22(9-13(23)10-24)18(26)27-19(3,4)5;1-2/h8,13,24H,6-7,9-10H2,1-5H3;1-2H3. The van der Waals surface area contributed by atoms with Crippen molar-refractivity contribution in [1.82, 2.24) is 9.80 Å². The lowest BCUT2D eigenvalue weighted by atomic mass is 10.0. The first kappa shape index (κ1) is 25.2. The topological polar surface area (TPSA) is 70.1 Å². The Morgan fingerprint density at radius 1 is 1.24 bits per heavy atom. The fraction of sp³-hybridized carbons (Fsp3) is 0.619. The molecule has 1 saturated heterocycles. The summed E-state index contributed by atoms with van der Waals surface area (Å²) in [5, 5.41) is 10.0. The van der Waals surface area contributed by atoms with Crippen LogP contribution in [0.1, 0.15) is 56.1 Å². The van der Waals surface area contributed by atoms with Crippen molar-refractivity contribution in [2.24, 2.45) is 0 Å². The quantitative estimate of drug-likeness (QED) is 0.764. The number of hydrogen-bond donors (Lipinski definition) is 1. The van der Waals surface area contributed by atoms with Gasteiger partial charge < -0.3 is 19.6 Å². The van der Waals surface area contributed by atoms with Crippen LogP contribution in [-0.2, 0) is 4.74 Å². The number of aliphatic hydroxyl groups is 1. The van der Waals surface area contributed by atoms with Crippen LogP contribution in [-0.4, -0.2) is 64.8 Å². The zero-order valence-corrected chi connectivity index (χ0v) is 19.1. The lowest BCUT2D eigenvalue weighted by Gasteiger charge is -2.41. The van der Waals surface area contributed by atoms with E-state index in [9.17, 15) is 19.1 Å². The molecule has 0 aromatic heterocycles. The molecule has 164 valence electrons. The van der Waals surface area contributed by atoms with Crippen molar-refractivity contribution in [3.05, 3.63) is 33.6 Å². The maximum absolute atomic E-state index is 14.6. The predicted molar refractivity (Wildman–Crippen MR) is 112 cm³/mol. The average Bonchev–Trinajstić information content (AvgIpc) is 2.68. The Hall–Kier alpha value is -1.86. The van der Waals surface area contributed by atoms with Crippen LogP contribution in [0.25, 0.3) is 0 Å². The van der Waals surface area contributed by atoms with E-state index in [1.165, 1.54) is 15.9 Å². The van der Waals surface area contributed by atoms with Crippen LogP contribution in [0.3, 0.4) is 0 Å². The third kappa shape index (κ3) is 6.06. The summed E-state index contributed by atoms with van der Waals surface area (Å²) < 4.78 is 20.0. The molecule has 29 heavy (non-hydrogen) atoms. The van der Waals surface area contributed by atoms with E-state index in [0.29, 0.717) is 16.1 Å². The molecule has 6 nitrogen and oxygen atoms in total. The molecule has 1 aliphatic rings. The van der Waals surface area contributed by atoms with Gasteiger partial charge in [0.1, 0.15) is 11.4 Å². The normalized spacial score (nSPS) is 16.8. The van der Waals surface area contributed by atoms with Crippen LogP contribution in [0.15, 0.2) is 6.07 Å². The van der Waals surface area contributed by atoms with Crippen molar-refractivity contribution in [2.45, 2.75) is 60.1 Å². The second kappa shape index (κ2) is 10.3. The van der Waals surface area contributed by atoms with Crippen LogP contribution >= 0.6 is 11.6 Å². The number of amides is 2. The number of nitrogens with zero attached hydrogens (tertiary/aromatic N) is 2. The number of benzene rings is 1. The summed E-state index contributed by atoms with van der Waals surface area (Å²) in [6, 6.07) is 0.662. The van der Waals surface area contributed by atoms with Gasteiger partial charge in [0.15, 0.2) is 0 Å². The summed E-state index contributed by atoms with van der Waals surface area (Å²) in [5.74, 6) is -1.17. The molecule has 1 fully saturated rings. The zero-order chi connectivity index (χ0) is 22.5. The second-order valence-corrected chi connectivity index (χ2v) is 8.14. The Morgan fingerprint density at radius 3 is 2.34 bits per heavy atom. The van der Waals surface area contributed by atoms with Crippen molar-refractivity contribution in [3.63, 3.8) is 0 Å². The van der Waals surface area contributed by atoms with Crippen molar-refractivity contribution in [2.75, 3.05) is 26.2 Å². The smallest absolute Gasteiger partial charge is 0.410 e. The average molecular weight is 431 g/mol. The number of piperazine rings is 1. The molecule has 1 aliphatic heterocycles. The summed E-state index contributed by atoms with van der Waals surface area (Å²) >= 11 is 6.11.